The molecule has 0 aromatic carbocycles. The smallest absolute Gasteiger partial charge is 0.275 e. The van der Waals surface area contributed by atoms with Gasteiger partial charge in [-0.25, -0.2) is 4.52 Å². The molecule has 0 unspecified atom stereocenters. The Morgan fingerprint density at radius 1 is 1.62 bits per heavy atom. The number of nitrogens with two attached hydrogens (primary N) is 1. The number of hydrogen-bond donors (Lipinski definition) is 2. The van der Waals surface area contributed by atoms with Crippen LogP contribution in [0.4, 0.5) is 0 Å². The molecule has 1 amide bonds. The van der Waals surface area contributed by atoms with Crippen LogP contribution in [0.3, 0.4) is 0 Å². The maximum Gasteiger partial charge on any atom is 0.275 e. The monoisotopic (exact) mass is 216 g/mol. The van der Waals surface area contributed by atoms with Crippen LogP contribution in [0, 0.1) is 11.8 Å². The summed E-state index contributed by atoms with van der Waals surface area (Å²) in [6, 6.07) is 1.60. The van der Waals surface area contributed by atoms with E-state index in [1.807, 2.05) is 0 Å². The van der Waals surface area contributed by atoms with Gasteiger partial charge in [0.1, 0.15) is 11.8 Å². The van der Waals surface area contributed by atoms with Crippen LogP contribution in [0.2, 0.25) is 0 Å². The third-order valence-electron chi connectivity index (χ3n) is 1.91. The van der Waals surface area contributed by atoms with E-state index in [4.69, 9.17) is 5.73 Å². The van der Waals surface area contributed by atoms with E-state index in [2.05, 4.69) is 21.9 Å². The Morgan fingerprint density at radius 2 is 2.44 bits per heavy atom. The fourth-order valence-electron chi connectivity index (χ4n) is 1.24. The second-order valence-electron chi connectivity index (χ2n) is 3.12. The molecule has 0 bridgehead atoms. The van der Waals surface area contributed by atoms with Gasteiger partial charge >= 0.3 is 0 Å². The zero-order valence-corrected chi connectivity index (χ0v) is 8.23. The minimum atomic E-state index is -0.479. The van der Waals surface area contributed by atoms with Crippen LogP contribution in [0.1, 0.15) is 12.0 Å². The SMILES string of the molecule is NC(=O)CC#Cc1cc2c(=O)[nH]cnn2c1. The summed E-state index contributed by atoms with van der Waals surface area (Å²) in [5.74, 6) is 4.85. The highest BCUT2D eigenvalue weighted by atomic mass is 16.1. The highest BCUT2D eigenvalue weighted by Crippen LogP contribution is 2.01. The van der Waals surface area contributed by atoms with Crippen LogP contribution in [-0.2, 0) is 4.79 Å². The molecule has 6 heteroatoms. The molecule has 0 aliphatic carbocycles. The van der Waals surface area contributed by atoms with Gasteiger partial charge in [-0.05, 0) is 6.07 Å². The molecule has 0 saturated carbocycles. The van der Waals surface area contributed by atoms with E-state index < -0.39 is 5.91 Å². The van der Waals surface area contributed by atoms with Gasteiger partial charge in [-0.1, -0.05) is 11.8 Å². The van der Waals surface area contributed by atoms with Crippen LogP contribution in [0.25, 0.3) is 5.52 Å². The van der Waals surface area contributed by atoms with Gasteiger partial charge in [-0.2, -0.15) is 5.10 Å². The number of amides is 1. The maximum atomic E-state index is 11.3. The summed E-state index contributed by atoms with van der Waals surface area (Å²) in [4.78, 5) is 24.3. The molecule has 2 rings (SSSR count). The van der Waals surface area contributed by atoms with Crippen LogP contribution in [-0.4, -0.2) is 20.5 Å². The molecular weight excluding hydrogens is 208 g/mol. The van der Waals surface area contributed by atoms with Crippen molar-refractivity contribution in [2.75, 3.05) is 0 Å². The number of fused-ring (bicyclic) bond motifs is 1. The Morgan fingerprint density at radius 3 is 3.12 bits per heavy atom. The van der Waals surface area contributed by atoms with Crippen LogP contribution >= 0.6 is 0 Å². The molecule has 2 aromatic rings. The number of hydrogen-bond acceptors (Lipinski definition) is 3. The molecule has 0 atom stereocenters. The molecule has 16 heavy (non-hydrogen) atoms. The van der Waals surface area contributed by atoms with Crippen LogP contribution < -0.4 is 11.3 Å². The van der Waals surface area contributed by atoms with Gasteiger partial charge in [0.05, 0.1) is 6.42 Å². The Hall–Kier alpha value is -2.55. The molecule has 0 spiro atoms. The number of primary amides is 1. The molecule has 0 radical (unpaired) electrons. The first-order valence-electron chi connectivity index (χ1n) is 4.50. The highest BCUT2D eigenvalue weighted by Gasteiger charge is 2.00. The lowest BCUT2D eigenvalue weighted by Gasteiger charge is -1.87. The molecule has 0 saturated heterocycles. The number of H-pyrrole nitrogens is 1. The minimum absolute atomic E-state index is 0.00399. The fraction of sp³-hybridized carbons (Fsp3) is 0.100. The summed E-state index contributed by atoms with van der Waals surface area (Å²) >= 11 is 0. The summed E-state index contributed by atoms with van der Waals surface area (Å²) in [6.45, 7) is 0. The Bertz CT molecular complexity index is 656. The van der Waals surface area contributed by atoms with E-state index in [9.17, 15) is 9.59 Å². The van der Waals surface area contributed by atoms with Crippen molar-refractivity contribution in [3.8, 4) is 11.8 Å². The lowest BCUT2D eigenvalue weighted by Crippen LogP contribution is -2.09. The summed E-state index contributed by atoms with van der Waals surface area (Å²) in [7, 11) is 0. The number of rotatable bonds is 1. The Labute approximate surface area is 90.1 Å². The number of carbonyl (C=O) groups excluding carboxylic acids is 1. The van der Waals surface area contributed by atoms with Crippen molar-refractivity contribution in [3.05, 3.63) is 34.5 Å². The first kappa shape index (κ1) is 9.98. The maximum absolute atomic E-state index is 11.3. The van der Waals surface area contributed by atoms with E-state index in [1.165, 1.54) is 10.8 Å². The zero-order chi connectivity index (χ0) is 11.5. The van der Waals surface area contributed by atoms with Crippen molar-refractivity contribution in [2.45, 2.75) is 6.42 Å². The third-order valence-corrected chi connectivity index (χ3v) is 1.91. The second-order valence-corrected chi connectivity index (χ2v) is 3.12. The standard InChI is InChI=1S/C10H8N4O2/c11-9(15)3-1-2-7-4-8-10(16)12-6-13-14(8)5-7/h4-6H,3H2,(H2,11,15)(H,12,13,16). The largest absolute Gasteiger partial charge is 0.369 e. The first-order chi connectivity index (χ1) is 7.66. The fourth-order valence-corrected chi connectivity index (χ4v) is 1.24. The van der Waals surface area contributed by atoms with Gasteiger partial charge in [0, 0.05) is 11.8 Å². The van der Waals surface area contributed by atoms with Gasteiger partial charge in [0.15, 0.2) is 0 Å². The topological polar surface area (TPSA) is 93.2 Å². The molecule has 0 aliphatic rings. The predicted octanol–water partition coefficient (Wildman–Crippen LogP) is -0.751. The number of nitrogens with zero attached hydrogens (tertiary/aromatic N) is 2. The van der Waals surface area contributed by atoms with Crippen molar-refractivity contribution in [1.29, 1.82) is 0 Å². The van der Waals surface area contributed by atoms with Crippen molar-refractivity contribution in [1.82, 2.24) is 14.6 Å². The molecule has 6 nitrogen and oxygen atoms in total. The molecule has 0 fully saturated rings. The van der Waals surface area contributed by atoms with Gasteiger partial charge in [0.2, 0.25) is 5.91 Å². The average molecular weight is 216 g/mol. The van der Waals surface area contributed by atoms with E-state index in [1.54, 1.807) is 12.3 Å². The lowest BCUT2D eigenvalue weighted by molar-refractivity contribution is -0.117. The van der Waals surface area contributed by atoms with Gasteiger partial charge in [-0.3, -0.25) is 9.59 Å². The van der Waals surface area contributed by atoms with Crippen LogP contribution in [0.15, 0.2) is 23.4 Å². The average Bonchev–Trinajstić information content (AvgIpc) is 2.61. The number of aromatic amines is 1. The zero-order valence-electron chi connectivity index (χ0n) is 8.23. The molecular formula is C10H8N4O2. The van der Waals surface area contributed by atoms with Crippen molar-refractivity contribution in [2.24, 2.45) is 5.73 Å². The first-order valence-corrected chi connectivity index (χ1v) is 4.50. The molecule has 3 N–H and O–H groups in total. The highest BCUT2D eigenvalue weighted by molar-refractivity contribution is 5.76. The second kappa shape index (κ2) is 3.90. The summed E-state index contributed by atoms with van der Waals surface area (Å²) in [5, 5.41) is 3.91. The van der Waals surface area contributed by atoms with Crippen molar-refractivity contribution < 1.29 is 4.79 Å². The Kier molecular flexibility index (Phi) is 2.44. The molecule has 0 aliphatic heterocycles. The third kappa shape index (κ3) is 1.93. The van der Waals surface area contributed by atoms with Gasteiger partial charge in [0.25, 0.3) is 5.56 Å². The van der Waals surface area contributed by atoms with Crippen molar-refractivity contribution >= 4 is 11.4 Å². The summed E-state index contributed by atoms with van der Waals surface area (Å²) < 4.78 is 1.42. The minimum Gasteiger partial charge on any atom is -0.369 e. The summed E-state index contributed by atoms with van der Waals surface area (Å²) in [5.41, 5.74) is 5.73. The number of aromatic nitrogens is 3. The Balaban J connectivity index is 2.39. The van der Waals surface area contributed by atoms with E-state index in [0.29, 0.717) is 11.1 Å². The van der Waals surface area contributed by atoms with E-state index >= 15 is 0 Å². The normalized spacial score (nSPS) is 9.75. The predicted molar refractivity (Wildman–Crippen MR) is 56.5 cm³/mol. The quantitative estimate of drug-likeness (QED) is 0.614. The van der Waals surface area contributed by atoms with Crippen LogP contribution in [0.5, 0.6) is 0 Å². The summed E-state index contributed by atoms with van der Waals surface area (Å²) in [6.07, 6.45) is 2.91. The molecule has 2 heterocycles. The number of carbonyl (C=O) groups is 1. The van der Waals surface area contributed by atoms with E-state index in [0.717, 1.165) is 0 Å². The van der Waals surface area contributed by atoms with Crippen molar-refractivity contribution in [3.63, 3.8) is 0 Å². The lowest BCUT2D eigenvalue weighted by atomic mass is 10.3. The van der Waals surface area contributed by atoms with Gasteiger partial charge in [-0.15, -0.1) is 0 Å². The molecule has 80 valence electrons. The molecule has 2 aromatic heterocycles. The number of nitrogens with one attached hydrogen (secondary N) is 1. The van der Waals surface area contributed by atoms with Gasteiger partial charge < -0.3 is 10.7 Å². The van der Waals surface area contributed by atoms with E-state index in [-0.39, 0.29) is 12.0 Å².